The standard InChI is InChI=1S/C11H7F2NOS/c12-10(13)7-2-1-3-8(4-7)11-14-5-9(6-15)16-11/h1-6,10H. The van der Waals surface area contributed by atoms with E-state index in [-0.39, 0.29) is 5.56 Å². The van der Waals surface area contributed by atoms with Crippen LogP contribution < -0.4 is 0 Å². The van der Waals surface area contributed by atoms with Gasteiger partial charge in [0.05, 0.1) is 4.88 Å². The average Bonchev–Trinajstić information content (AvgIpc) is 2.77. The number of aldehydes is 1. The maximum atomic E-state index is 12.5. The molecule has 2 nitrogen and oxygen atoms in total. The molecule has 16 heavy (non-hydrogen) atoms. The van der Waals surface area contributed by atoms with Crippen molar-refractivity contribution in [3.05, 3.63) is 40.9 Å². The van der Waals surface area contributed by atoms with Crippen molar-refractivity contribution >= 4 is 17.6 Å². The molecule has 0 aliphatic heterocycles. The molecule has 2 aromatic rings. The van der Waals surface area contributed by atoms with Crippen molar-refractivity contribution in [1.29, 1.82) is 0 Å². The van der Waals surface area contributed by atoms with Gasteiger partial charge in [0.1, 0.15) is 5.01 Å². The van der Waals surface area contributed by atoms with Crippen LogP contribution in [-0.2, 0) is 0 Å². The summed E-state index contributed by atoms with van der Waals surface area (Å²) in [5, 5.41) is 0.574. The molecule has 5 heteroatoms. The zero-order valence-corrected chi connectivity index (χ0v) is 8.88. The SMILES string of the molecule is O=Cc1cnc(-c2cccc(C(F)F)c2)s1. The molecule has 0 unspecified atom stereocenters. The van der Waals surface area contributed by atoms with Gasteiger partial charge in [0.15, 0.2) is 6.29 Å². The monoisotopic (exact) mass is 239 g/mol. The summed E-state index contributed by atoms with van der Waals surface area (Å²) in [6.45, 7) is 0. The first-order chi connectivity index (χ1) is 7.70. The third-order valence-corrected chi connectivity index (χ3v) is 3.00. The Morgan fingerprint density at radius 2 is 2.19 bits per heavy atom. The van der Waals surface area contributed by atoms with Crippen LogP contribution in [0.5, 0.6) is 0 Å². The lowest BCUT2D eigenvalue weighted by atomic mass is 10.1. The molecule has 0 aliphatic carbocycles. The lowest BCUT2D eigenvalue weighted by molar-refractivity contribution is 0.112. The van der Waals surface area contributed by atoms with E-state index in [2.05, 4.69) is 4.98 Å². The topological polar surface area (TPSA) is 30.0 Å². The fourth-order valence-corrected chi connectivity index (χ4v) is 2.01. The highest BCUT2D eigenvalue weighted by Crippen LogP contribution is 2.28. The van der Waals surface area contributed by atoms with Crippen molar-refractivity contribution in [2.75, 3.05) is 0 Å². The predicted molar refractivity (Wildman–Crippen MR) is 57.9 cm³/mol. The summed E-state index contributed by atoms with van der Waals surface area (Å²) in [6, 6.07) is 6.00. The molecule has 1 aromatic heterocycles. The second-order valence-electron chi connectivity index (χ2n) is 3.11. The Morgan fingerprint density at radius 3 is 2.81 bits per heavy atom. The fraction of sp³-hybridized carbons (Fsp3) is 0.0909. The van der Waals surface area contributed by atoms with Gasteiger partial charge in [-0.25, -0.2) is 13.8 Å². The van der Waals surface area contributed by atoms with Crippen molar-refractivity contribution in [2.45, 2.75) is 6.43 Å². The van der Waals surface area contributed by atoms with Crippen LogP contribution in [0, 0.1) is 0 Å². The van der Waals surface area contributed by atoms with Crippen molar-refractivity contribution in [3.63, 3.8) is 0 Å². The first kappa shape index (κ1) is 10.9. The minimum atomic E-state index is -2.49. The largest absolute Gasteiger partial charge is 0.297 e. The quantitative estimate of drug-likeness (QED) is 0.766. The second kappa shape index (κ2) is 4.49. The number of nitrogens with zero attached hydrogens (tertiary/aromatic N) is 1. The van der Waals surface area contributed by atoms with E-state index in [1.54, 1.807) is 12.1 Å². The molecule has 0 aliphatic rings. The molecule has 0 N–H and O–H groups in total. The molecule has 82 valence electrons. The zero-order chi connectivity index (χ0) is 11.5. The molecule has 2 rings (SSSR count). The highest BCUT2D eigenvalue weighted by atomic mass is 32.1. The average molecular weight is 239 g/mol. The third-order valence-electron chi connectivity index (χ3n) is 2.03. The molecule has 0 radical (unpaired) electrons. The van der Waals surface area contributed by atoms with Crippen LogP contribution in [0.2, 0.25) is 0 Å². The van der Waals surface area contributed by atoms with Gasteiger partial charge in [-0.3, -0.25) is 4.79 Å². The smallest absolute Gasteiger partial charge is 0.263 e. The fourth-order valence-electron chi connectivity index (χ4n) is 1.28. The summed E-state index contributed by atoms with van der Waals surface area (Å²) in [6.07, 6.45) is -0.370. The van der Waals surface area contributed by atoms with Gasteiger partial charge in [-0.2, -0.15) is 0 Å². The van der Waals surface area contributed by atoms with Gasteiger partial charge in [-0.15, -0.1) is 11.3 Å². The molecule has 1 aromatic carbocycles. The van der Waals surface area contributed by atoms with Crippen LogP contribution in [0.4, 0.5) is 8.78 Å². The Bertz CT molecular complexity index is 510. The molecule has 0 saturated carbocycles. The number of thiazole rings is 1. The van der Waals surface area contributed by atoms with Gasteiger partial charge in [-0.1, -0.05) is 18.2 Å². The summed E-state index contributed by atoms with van der Waals surface area (Å²) in [4.78, 5) is 15.0. The maximum absolute atomic E-state index is 12.5. The Kier molecular flexibility index (Phi) is 3.05. The van der Waals surface area contributed by atoms with Gasteiger partial charge in [-0.05, 0) is 6.07 Å². The minimum Gasteiger partial charge on any atom is -0.297 e. The number of carbonyl (C=O) groups is 1. The number of alkyl halides is 2. The Labute approximate surface area is 94.6 Å². The van der Waals surface area contributed by atoms with E-state index in [9.17, 15) is 13.6 Å². The number of benzene rings is 1. The summed E-state index contributed by atoms with van der Waals surface area (Å²) < 4.78 is 24.9. The summed E-state index contributed by atoms with van der Waals surface area (Å²) in [5.41, 5.74) is 0.566. The Hall–Kier alpha value is -1.62. The van der Waals surface area contributed by atoms with E-state index in [0.29, 0.717) is 21.7 Å². The van der Waals surface area contributed by atoms with Gasteiger partial charge in [0.2, 0.25) is 0 Å². The van der Waals surface area contributed by atoms with Crippen LogP contribution in [0.1, 0.15) is 21.7 Å². The molecule has 0 amide bonds. The van der Waals surface area contributed by atoms with Crippen molar-refractivity contribution in [3.8, 4) is 10.6 Å². The molecular formula is C11H7F2NOS. The lowest BCUT2D eigenvalue weighted by Gasteiger charge is -2.01. The summed E-state index contributed by atoms with van der Waals surface area (Å²) in [7, 11) is 0. The predicted octanol–water partition coefficient (Wildman–Crippen LogP) is 3.56. The van der Waals surface area contributed by atoms with Crippen molar-refractivity contribution < 1.29 is 13.6 Å². The Balaban J connectivity index is 2.39. The van der Waals surface area contributed by atoms with E-state index in [1.165, 1.54) is 29.7 Å². The molecule has 0 atom stereocenters. The molecule has 0 bridgehead atoms. The number of halogens is 2. The molecule has 0 saturated heterocycles. The lowest BCUT2D eigenvalue weighted by Crippen LogP contribution is -1.84. The van der Waals surface area contributed by atoms with E-state index >= 15 is 0 Å². The third kappa shape index (κ3) is 2.14. The number of hydrogen-bond acceptors (Lipinski definition) is 3. The van der Waals surface area contributed by atoms with Crippen molar-refractivity contribution in [1.82, 2.24) is 4.98 Å². The second-order valence-corrected chi connectivity index (χ2v) is 4.17. The van der Waals surface area contributed by atoms with Gasteiger partial charge in [0, 0.05) is 17.3 Å². The Morgan fingerprint density at radius 1 is 1.38 bits per heavy atom. The van der Waals surface area contributed by atoms with E-state index < -0.39 is 6.43 Å². The molecular weight excluding hydrogens is 232 g/mol. The summed E-state index contributed by atoms with van der Waals surface area (Å²) >= 11 is 1.18. The van der Waals surface area contributed by atoms with Crippen molar-refractivity contribution in [2.24, 2.45) is 0 Å². The number of rotatable bonds is 3. The van der Waals surface area contributed by atoms with Gasteiger partial charge in [0.25, 0.3) is 6.43 Å². The molecule has 0 spiro atoms. The first-order valence-corrected chi connectivity index (χ1v) is 5.32. The maximum Gasteiger partial charge on any atom is 0.263 e. The van der Waals surface area contributed by atoms with E-state index in [0.717, 1.165) is 0 Å². The highest BCUT2D eigenvalue weighted by Gasteiger charge is 2.09. The minimum absolute atomic E-state index is 0.0413. The van der Waals surface area contributed by atoms with Crippen LogP contribution in [0.15, 0.2) is 30.5 Å². The van der Waals surface area contributed by atoms with E-state index in [1.807, 2.05) is 0 Å². The van der Waals surface area contributed by atoms with Crippen LogP contribution in [0.3, 0.4) is 0 Å². The van der Waals surface area contributed by atoms with Gasteiger partial charge >= 0.3 is 0 Å². The van der Waals surface area contributed by atoms with E-state index in [4.69, 9.17) is 0 Å². The number of hydrogen-bond donors (Lipinski definition) is 0. The highest BCUT2D eigenvalue weighted by molar-refractivity contribution is 7.16. The van der Waals surface area contributed by atoms with Crippen LogP contribution in [-0.4, -0.2) is 11.3 Å². The first-order valence-electron chi connectivity index (χ1n) is 4.50. The molecule has 0 fully saturated rings. The van der Waals surface area contributed by atoms with Crippen LogP contribution >= 0.6 is 11.3 Å². The number of aromatic nitrogens is 1. The van der Waals surface area contributed by atoms with Crippen LogP contribution in [0.25, 0.3) is 10.6 Å². The van der Waals surface area contributed by atoms with Gasteiger partial charge < -0.3 is 0 Å². The summed E-state index contributed by atoms with van der Waals surface area (Å²) in [5.74, 6) is 0. The normalized spacial score (nSPS) is 10.7. The zero-order valence-electron chi connectivity index (χ0n) is 8.06. The number of carbonyl (C=O) groups excluding carboxylic acids is 1. The molecule has 1 heterocycles.